The molecule has 0 nitrogen and oxygen atoms in total. The first-order chi connectivity index (χ1) is 25.7. The van der Waals surface area contributed by atoms with Crippen LogP contribution in [-0.4, -0.2) is 4.21 Å². The molecule has 8 rings (SSSR count). The SMILES string of the molecule is Cl.Cl.[CH2]=[Zr]([C]1=CC=CC1)([c]1ccc(C)cc1)([c]1cccc(Cl)c1)[c]1c2c(cc(C(C)(C)C)c1-c1ccccc1)-c1cc(C(C)(C)C)c(-c3ccccc3)cc1C2. The quantitative estimate of drug-likeness (QED) is 0.156. The third-order valence-corrected chi connectivity index (χ3v) is 28.8. The summed E-state index contributed by atoms with van der Waals surface area (Å²) in [5, 5.41) is 0.755. The van der Waals surface area contributed by atoms with E-state index >= 15 is 0 Å². The molecular formula is C52H53Cl3Zr. The molecule has 0 atom stereocenters. The molecule has 0 aliphatic heterocycles. The summed E-state index contributed by atoms with van der Waals surface area (Å²) in [6, 6.07) is 48.0. The number of hydrogen-bond donors (Lipinski definition) is 0. The van der Waals surface area contributed by atoms with Gasteiger partial charge in [0.05, 0.1) is 0 Å². The summed E-state index contributed by atoms with van der Waals surface area (Å²) in [6.07, 6.45) is 8.73. The molecule has 0 fully saturated rings. The normalized spacial score (nSPS) is 13.7. The number of aryl methyl sites for hydroxylation is 1. The third kappa shape index (κ3) is 6.72. The van der Waals surface area contributed by atoms with Gasteiger partial charge in [0, 0.05) is 0 Å². The Morgan fingerprint density at radius 1 is 0.607 bits per heavy atom. The number of fused-ring (bicyclic) bond motifs is 3. The molecule has 0 bridgehead atoms. The van der Waals surface area contributed by atoms with Crippen molar-refractivity contribution in [1.29, 1.82) is 0 Å². The minimum atomic E-state index is -5.23. The Morgan fingerprint density at radius 2 is 1.21 bits per heavy atom. The van der Waals surface area contributed by atoms with Gasteiger partial charge >= 0.3 is 331 Å². The van der Waals surface area contributed by atoms with Crippen LogP contribution in [0, 0.1) is 6.92 Å². The fourth-order valence-electron chi connectivity index (χ4n) is 9.56. The van der Waals surface area contributed by atoms with Gasteiger partial charge in [0.1, 0.15) is 0 Å². The number of benzene rings is 6. The molecule has 6 aromatic carbocycles. The van der Waals surface area contributed by atoms with Crippen molar-refractivity contribution >= 4 is 50.4 Å². The fraction of sp³-hybridized carbons (Fsp3) is 0.212. The summed E-state index contributed by atoms with van der Waals surface area (Å²) in [5.74, 6) is 0. The first kappa shape index (κ1) is 42.0. The molecule has 2 aliphatic rings. The average Bonchev–Trinajstić information content (AvgIpc) is 3.83. The van der Waals surface area contributed by atoms with E-state index in [0.717, 1.165) is 17.9 Å². The number of hydrogen-bond acceptors (Lipinski definition) is 0. The van der Waals surface area contributed by atoms with E-state index < -0.39 is 18.3 Å². The Balaban J connectivity index is 0.00000266. The summed E-state index contributed by atoms with van der Waals surface area (Å²) in [7, 11) is 0. The van der Waals surface area contributed by atoms with Crippen molar-refractivity contribution in [1.82, 2.24) is 0 Å². The summed E-state index contributed by atoms with van der Waals surface area (Å²) in [5.41, 5.74) is 14.5. The van der Waals surface area contributed by atoms with Crippen LogP contribution in [0.25, 0.3) is 33.4 Å². The van der Waals surface area contributed by atoms with Crippen molar-refractivity contribution in [3.63, 3.8) is 0 Å². The van der Waals surface area contributed by atoms with Gasteiger partial charge in [-0.25, -0.2) is 0 Å². The zero-order chi connectivity index (χ0) is 38.1. The van der Waals surface area contributed by atoms with Crippen LogP contribution in [0.1, 0.15) is 75.8 Å². The molecule has 0 spiro atoms. The molecule has 0 N–H and O–H groups in total. The van der Waals surface area contributed by atoms with Crippen molar-refractivity contribution < 1.29 is 18.3 Å². The molecule has 4 heteroatoms. The van der Waals surface area contributed by atoms with E-state index in [4.69, 9.17) is 15.8 Å². The predicted molar refractivity (Wildman–Crippen MR) is 248 cm³/mol. The Labute approximate surface area is 353 Å². The van der Waals surface area contributed by atoms with Crippen molar-refractivity contribution in [2.45, 2.75) is 72.1 Å². The van der Waals surface area contributed by atoms with Crippen LogP contribution in [0.15, 0.2) is 149 Å². The summed E-state index contributed by atoms with van der Waals surface area (Å²) in [4.78, 5) is 0. The molecule has 0 heterocycles. The summed E-state index contributed by atoms with van der Waals surface area (Å²) < 4.78 is 11.4. The topological polar surface area (TPSA) is 0 Å². The van der Waals surface area contributed by atoms with E-state index in [2.05, 4.69) is 188 Å². The van der Waals surface area contributed by atoms with Crippen LogP contribution in [0.2, 0.25) is 5.02 Å². The second kappa shape index (κ2) is 15.3. The van der Waals surface area contributed by atoms with E-state index in [-0.39, 0.29) is 35.6 Å². The molecule has 286 valence electrons. The van der Waals surface area contributed by atoms with Gasteiger partial charge in [-0.05, 0) is 0 Å². The number of halogens is 3. The molecule has 6 aromatic rings. The minimum absolute atomic E-state index is 0. The monoisotopic (exact) mass is 872 g/mol. The predicted octanol–water partition coefficient (Wildman–Crippen LogP) is 13.2. The Bertz CT molecular complexity index is 2560. The van der Waals surface area contributed by atoms with E-state index in [0.29, 0.717) is 0 Å². The van der Waals surface area contributed by atoms with Gasteiger partial charge in [-0.3, -0.25) is 0 Å². The van der Waals surface area contributed by atoms with Crippen molar-refractivity contribution in [3.05, 3.63) is 182 Å². The zero-order valence-electron chi connectivity index (χ0n) is 33.7. The van der Waals surface area contributed by atoms with Crippen LogP contribution in [-0.2, 0) is 35.5 Å². The molecule has 0 aromatic heterocycles. The number of rotatable bonds is 6. The summed E-state index contributed by atoms with van der Waals surface area (Å²) >= 11 is 1.85. The van der Waals surface area contributed by atoms with Gasteiger partial charge in [0.15, 0.2) is 0 Å². The standard InChI is InChI=1S/C33H33.C7H7.C6H4Cl.C5H5.CH2.2ClH.Zr/c1-32(2,3)30-20-26-24(18-28(30)22-13-9-7-10-14-22)17-25-19-29(23-15-11-8-12-16-23)31(21-27(25)26)33(4,5)6;1-7-5-3-2-4-6-7;7-6-4-2-1-3-5-6;1-2-4-5-3-1;;;;/h7-16,18,20-21H,17H2,1-6H3;3-6H,1H3;1-2,4-5H;1-3H,4H2;1H2;2*1H;. The molecule has 0 amide bonds. The molecule has 0 saturated carbocycles. The number of allylic oxidation sites excluding steroid dienone is 4. The van der Waals surface area contributed by atoms with E-state index in [1.807, 2.05) is 6.07 Å². The summed E-state index contributed by atoms with van der Waals surface area (Å²) in [6.45, 7) is 16.4. The first-order valence-electron chi connectivity index (χ1n) is 19.4. The van der Waals surface area contributed by atoms with Gasteiger partial charge in [0.25, 0.3) is 0 Å². The van der Waals surface area contributed by atoms with Crippen molar-refractivity contribution in [3.8, 4) is 33.4 Å². The van der Waals surface area contributed by atoms with E-state index in [9.17, 15) is 0 Å². The van der Waals surface area contributed by atoms with Crippen molar-refractivity contribution in [2.24, 2.45) is 0 Å². The Hall–Kier alpha value is -3.58. The van der Waals surface area contributed by atoms with Crippen LogP contribution < -0.4 is 9.81 Å². The molecule has 56 heavy (non-hydrogen) atoms. The van der Waals surface area contributed by atoms with Crippen molar-refractivity contribution in [2.75, 3.05) is 0 Å². The second-order valence-electron chi connectivity index (χ2n) is 17.8. The van der Waals surface area contributed by atoms with E-state index in [1.54, 1.807) is 0 Å². The Morgan fingerprint density at radius 3 is 1.79 bits per heavy atom. The average molecular weight is 876 g/mol. The zero-order valence-corrected chi connectivity index (χ0v) is 38.5. The third-order valence-electron chi connectivity index (χ3n) is 12.3. The first-order valence-corrected chi connectivity index (χ1v) is 26.4. The van der Waals surface area contributed by atoms with Gasteiger partial charge in [-0.15, -0.1) is 24.8 Å². The molecule has 2 aliphatic carbocycles. The fourth-order valence-corrected chi connectivity index (χ4v) is 26.1. The maximum atomic E-state index is 7.08. The second-order valence-corrected chi connectivity index (χ2v) is 31.1. The van der Waals surface area contributed by atoms with Gasteiger partial charge in [-0.2, -0.15) is 0 Å². The van der Waals surface area contributed by atoms with Gasteiger partial charge in [-0.1, -0.05) is 0 Å². The molecular weight excluding hydrogens is 822 g/mol. The van der Waals surface area contributed by atoms with Gasteiger partial charge in [0.2, 0.25) is 0 Å². The molecule has 0 unspecified atom stereocenters. The van der Waals surface area contributed by atoms with E-state index in [1.165, 1.54) is 74.3 Å². The maximum absolute atomic E-state index is 7.08. The van der Waals surface area contributed by atoms with Crippen LogP contribution in [0.5, 0.6) is 0 Å². The Kier molecular flexibility index (Phi) is 11.5. The van der Waals surface area contributed by atoms with Crippen LogP contribution in [0.3, 0.4) is 0 Å². The van der Waals surface area contributed by atoms with Crippen LogP contribution >= 0.6 is 36.4 Å². The van der Waals surface area contributed by atoms with Crippen LogP contribution in [0.4, 0.5) is 0 Å². The molecule has 0 radical (unpaired) electrons. The van der Waals surface area contributed by atoms with Gasteiger partial charge < -0.3 is 0 Å². The molecule has 0 saturated heterocycles.